The van der Waals surface area contributed by atoms with E-state index in [9.17, 15) is 14.4 Å². The Morgan fingerprint density at radius 2 is 2.10 bits per heavy atom. The van der Waals surface area contributed by atoms with Crippen LogP contribution in [0.1, 0.15) is 33.1 Å². The van der Waals surface area contributed by atoms with Gasteiger partial charge in [0.2, 0.25) is 5.91 Å². The number of carbonyl (C=O) groups is 1. The fraction of sp³-hybridized carbons (Fsp3) is 0.643. The number of aromatic nitrogens is 2. The lowest BCUT2D eigenvalue weighted by Crippen LogP contribution is -2.46. The molecule has 2 N–H and O–H groups in total. The van der Waals surface area contributed by atoms with Crippen LogP contribution in [-0.4, -0.2) is 21.7 Å². The molecule has 6 nitrogen and oxygen atoms in total. The highest BCUT2D eigenvalue weighted by Crippen LogP contribution is 2.29. The molecule has 0 spiro atoms. The maximum atomic E-state index is 12.0. The summed E-state index contributed by atoms with van der Waals surface area (Å²) in [6.07, 6.45) is 3.27. The van der Waals surface area contributed by atoms with Crippen molar-refractivity contribution in [2.75, 3.05) is 0 Å². The molecule has 20 heavy (non-hydrogen) atoms. The van der Waals surface area contributed by atoms with Gasteiger partial charge in [-0.3, -0.25) is 19.5 Å². The van der Waals surface area contributed by atoms with Crippen molar-refractivity contribution in [1.29, 1.82) is 0 Å². The predicted molar refractivity (Wildman–Crippen MR) is 75.4 cm³/mol. The van der Waals surface area contributed by atoms with Crippen LogP contribution in [0.5, 0.6) is 0 Å². The predicted octanol–water partition coefficient (Wildman–Crippen LogP) is 0.477. The average molecular weight is 279 g/mol. The largest absolute Gasteiger partial charge is 0.351 e. The molecule has 0 radical (unpaired) electrons. The zero-order valence-electron chi connectivity index (χ0n) is 11.9. The van der Waals surface area contributed by atoms with Crippen LogP contribution < -0.4 is 16.4 Å². The first-order valence-electron chi connectivity index (χ1n) is 7.07. The lowest BCUT2D eigenvalue weighted by Gasteiger charge is -2.34. The number of amides is 1. The van der Waals surface area contributed by atoms with Gasteiger partial charge in [0.1, 0.15) is 6.54 Å². The molecule has 0 aromatic carbocycles. The summed E-state index contributed by atoms with van der Waals surface area (Å²) in [5.74, 6) is 0.785. The molecule has 1 saturated carbocycles. The lowest BCUT2D eigenvalue weighted by molar-refractivity contribution is -0.123. The zero-order valence-corrected chi connectivity index (χ0v) is 11.9. The first kappa shape index (κ1) is 14.6. The summed E-state index contributed by atoms with van der Waals surface area (Å²) in [5, 5.41) is 5.32. The van der Waals surface area contributed by atoms with Crippen LogP contribution in [0, 0.1) is 11.8 Å². The molecule has 0 unspecified atom stereocenters. The van der Waals surface area contributed by atoms with E-state index < -0.39 is 5.56 Å². The Morgan fingerprint density at radius 3 is 2.85 bits per heavy atom. The minimum atomic E-state index is -0.392. The number of H-pyrrole nitrogens is 1. The van der Waals surface area contributed by atoms with Crippen molar-refractivity contribution in [2.24, 2.45) is 11.8 Å². The third-order valence-corrected chi connectivity index (χ3v) is 4.24. The average Bonchev–Trinajstić information content (AvgIpc) is 2.39. The Labute approximate surface area is 117 Å². The van der Waals surface area contributed by atoms with E-state index in [0.29, 0.717) is 11.8 Å². The van der Waals surface area contributed by atoms with Crippen LogP contribution in [0.4, 0.5) is 0 Å². The van der Waals surface area contributed by atoms with E-state index in [1.54, 1.807) is 0 Å². The highest BCUT2D eigenvalue weighted by atomic mass is 16.2. The summed E-state index contributed by atoms with van der Waals surface area (Å²) < 4.78 is 1.04. The highest BCUT2D eigenvalue weighted by molar-refractivity contribution is 5.75. The fourth-order valence-electron chi connectivity index (χ4n) is 2.76. The Hall–Kier alpha value is -1.85. The molecule has 110 valence electrons. The Kier molecular flexibility index (Phi) is 4.42. The van der Waals surface area contributed by atoms with Crippen molar-refractivity contribution in [1.82, 2.24) is 15.1 Å². The Bertz CT molecular complexity index is 590. The lowest BCUT2D eigenvalue weighted by atomic mass is 9.78. The number of nitrogens with one attached hydrogen (secondary N) is 2. The van der Waals surface area contributed by atoms with E-state index in [1.807, 2.05) is 0 Å². The van der Waals surface area contributed by atoms with Gasteiger partial charge in [0, 0.05) is 18.2 Å². The van der Waals surface area contributed by atoms with Crippen molar-refractivity contribution in [2.45, 2.75) is 45.7 Å². The van der Waals surface area contributed by atoms with Crippen LogP contribution in [0.25, 0.3) is 0 Å². The molecular weight excluding hydrogens is 258 g/mol. The van der Waals surface area contributed by atoms with E-state index in [2.05, 4.69) is 24.3 Å². The summed E-state index contributed by atoms with van der Waals surface area (Å²) in [6, 6.07) is 2.47. The smallest absolute Gasteiger partial charge is 0.265 e. The first-order chi connectivity index (χ1) is 9.47. The summed E-state index contributed by atoms with van der Waals surface area (Å²) >= 11 is 0. The van der Waals surface area contributed by atoms with Crippen LogP contribution >= 0.6 is 0 Å². The van der Waals surface area contributed by atoms with E-state index in [4.69, 9.17) is 0 Å². The molecule has 1 aromatic rings. The van der Waals surface area contributed by atoms with Gasteiger partial charge in [0.15, 0.2) is 0 Å². The molecule has 3 atom stereocenters. The normalized spacial score (nSPS) is 26.2. The minimum absolute atomic E-state index is 0.146. The maximum absolute atomic E-state index is 12.0. The molecule has 1 aliphatic rings. The van der Waals surface area contributed by atoms with Gasteiger partial charge >= 0.3 is 0 Å². The van der Waals surface area contributed by atoms with Crippen LogP contribution in [-0.2, 0) is 11.3 Å². The fourth-order valence-corrected chi connectivity index (χ4v) is 2.76. The van der Waals surface area contributed by atoms with Gasteiger partial charge in [-0.05, 0) is 18.3 Å². The Morgan fingerprint density at radius 1 is 1.35 bits per heavy atom. The van der Waals surface area contributed by atoms with E-state index >= 15 is 0 Å². The van der Waals surface area contributed by atoms with Crippen LogP contribution in [0.2, 0.25) is 0 Å². The van der Waals surface area contributed by atoms with Crippen LogP contribution in [0.15, 0.2) is 21.7 Å². The summed E-state index contributed by atoms with van der Waals surface area (Å²) in [7, 11) is 0. The highest BCUT2D eigenvalue weighted by Gasteiger charge is 2.28. The van der Waals surface area contributed by atoms with Crippen molar-refractivity contribution in [3.05, 3.63) is 32.8 Å². The summed E-state index contributed by atoms with van der Waals surface area (Å²) in [5.41, 5.74) is -0.776. The van der Waals surface area contributed by atoms with Gasteiger partial charge in [-0.1, -0.05) is 26.7 Å². The number of rotatable bonds is 3. The monoisotopic (exact) mass is 279 g/mol. The van der Waals surface area contributed by atoms with Gasteiger partial charge in [-0.15, -0.1) is 0 Å². The van der Waals surface area contributed by atoms with E-state index in [1.165, 1.54) is 6.42 Å². The molecule has 1 fully saturated rings. The zero-order chi connectivity index (χ0) is 14.7. The second-order valence-corrected chi connectivity index (χ2v) is 5.68. The molecule has 2 rings (SSSR count). The van der Waals surface area contributed by atoms with E-state index in [-0.39, 0.29) is 24.1 Å². The molecular formula is C14H21N3O3. The molecule has 6 heteroatoms. The Balaban J connectivity index is 2.00. The first-order valence-corrected chi connectivity index (χ1v) is 7.07. The van der Waals surface area contributed by atoms with Gasteiger partial charge < -0.3 is 5.32 Å². The molecule has 0 saturated heterocycles. The molecule has 1 aliphatic carbocycles. The van der Waals surface area contributed by atoms with Crippen molar-refractivity contribution in [3.63, 3.8) is 0 Å². The van der Waals surface area contributed by atoms with Crippen molar-refractivity contribution in [3.8, 4) is 0 Å². The second-order valence-electron chi connectivity index (χ2n) is 5.68. The molecule has 1 amide bonds. The number of hydrogen-bond donors (Lipinski definition) is 2. The number of aromatic amines is 1. The van der Waals surface area contributed by atoms with Gasteiger partial charge in [-0.2, -0.15) is 0 Å². The quantitative estimate of drug-likeness (QED) is 0.844. The van der Waals surface area contributed by atoms with Gasteiger partial charge in [-0.25, -0.2) is 4.68 Å². The maximum Gasteiger partial charge on any atom is 0.265 e. The van der Waals surface area contributed by atoms with E-state index in [0.717, 1.165) is 29.7 Å². The molecule has 0 aliphatic heterocycles. The molecule has 0 bridgehead atoms. The molecule has 1 aromatic heterocycles. The van der Waals surface area contributed by atoms with Gasteiger partial charge in [0.25, 0.3) is 11.1 Å². The third kappa shape index (κ3) is 3.37. The van der Waals surface area contributed by atoms with Crippen molar-refractivity contribution < 1.29 is 4.79 Å². The SMILES string of the molecule is C[C@@H]1[C@H](C)CCC[C@@H]1NC(=O)Cn1[nH]c(=O)ccc1=O. The molecule has 1 heterocycles. The van der Waals surface area contributed by atoms with Gasteiger partial charge in [0.05, 0.1) is 0 Å². The number of carbonyl (C=O) groups excluding carboxylic acids is 1. The topological polar surface area (TPSA) is 84.0 Å². The minimum Gasteiger partial charge on any atom is -0.351 e. The second kappa shape index (κ2) is 6.07. The van der Waals surface area contributed by atoms with Crippen molar-refractivity contribution >= 4 is 5.91 Å². The summed E-state index contributed by atoms with van der Waals surface area (Å²) in [4.78, 5) is 34.7. The summed E-state index contributed by atoms with van der Waals surface area (Å²) in [6.45, 7) is 4.19. The number of hydrogen-bond acceptors (Lipinski definition) is 3. The standard InChI is InChI=1S/C14H21N3O3/c1-9-4-3-5-11(10(9)2)15-13(19)8-17-14(20)7-6-12(18)16-17/h6-7,9-11H,3-5,8H2,1-2H3,(H,15,19)(H,16,18)/t9-,10-,11+/m1/s1. The number of nitrogens with zero attached hydrogens (tertiary/aromatic N) is 1. The third-order valence-electron chi connectivity index (χ3n) is 4.24. The van der Waals surface area contributed by atoms with Crippen LogP contribution in [0.3, 0.4) is 0 Å².